The average Bonchev–Trinajstić information content (AvgIpc) is 2.66. The zero-order chi connectivity index (χ0) is 11.0. The normalized spacial score (nSPS) is 13.8. The van der Waals surface area contributed by atoms with Gasteiger partial charge in [0.2, 0.25) is 0 Å². The third kappa shape index (κ3) is 1.62. The van der Waals surface area contributed by atoms with Crippen molar-refractivity contribution in [1.82, 2.24) is 4.98 Å². The van der Waals surface area contributed by atoms with E-state index < -0.39 is 0 Å². The maximum Gasteiger partial charge on any atom is 0.183 e. The van der Waals surface area contributed by atoms with Crippen molar-refractivity contribution in [1.29, 1.82) is 0 Å². The first-order chi connectivity index (χ1) is 7.88. The SMILES string of the molecule is CNc1nc2c(s1)CCSc1ccccc1-2. The molecule has 0 radical (unpaired) electrons. The Hall–Kier alpha value is -1.00. The Labute approximate surface area is 103 Å². The quantitative estimate of drug-likeness (QED) is 0.836. The highest BCUT2D eigenvalue weighted by Gasteiger charge is 2.18. The van der Waals surface area contributed by atoms with Crippen LogP contribution in [-0.4, -0.2) is 17.8 Å². The van der Waals surface area contributed by atoms with Gasteiger partial charge in [-0.25, -0.2) is 4.98 Å². The topological polar surface area (TPSA) is 24.9 Å². The largest absolute Gasteiger partial charge is 0.365 e. The molecule has 2 aromatic rings. The molecule has 82 valence electrons. The molecule has 1 aliphatic heterocycles. The molecule has 2 nitrogen and oxygen atoms in total. The van der Waals surface area contributed by atoms with Crippen molar-refractivity contribution in [2.75, 3.05) is 18.1 Å². The molecule has 0 aliphatic carbocycles. The maximum absolute atomic E-state index is 4.66. The van der Waals surface area contributed by atoms with Crippen LogP contribution in [0.2, 0.25) is 0 Å². The van der Waals surface area contributed by atoms with Crippen LogP contribution in [0.15, 0.2) is 29.2 Å². The Balaban J connectivity index is 2.20. The van der Waals surface area contributed by atoms with Gasteiger partial charge in [-0.15, -0.1) is 23.1 Å². The standard InChI is InChI=1S/C12H12N2S2/c1-13-12-14-11-8-4-2-3-5-9(8)15-7-6-10(11)16-12/h2-5H,6-7H2,1H3,(H,13,14). The van der Waals surface area contributed by atoms with E-state index in [0.717, 1.165) is 17.3 Å². The molecule has 16 heavy (non-hydrogen) atoms. The van der Waals surface area contributed by atoms with Gasteiger partial charge in [-0.05, 0) is 12.5 Å². The second kappa shape index (κ2) is 4.11. The summed E-state index contributed by atoms with van der Waals surface area (Å²) in [6.07, 6.45) is 1.12. The van der Waals surface area contributed by atoms with E-state index in [-0.39, 0.29) is 0 Å². The van der Waals surface area contributed by atoms with Crippen LogP contribution in [0.5, 0.6) is 0 Å². The Morgan fingerprint density at radius 3 is 3.06 bits per heavy atom. The van der Waals surface area contributed by atoms with Crippen LogP contribution in [0.25, 0.3) is 11.3 Å². The van der Waals surface area contributed by atoms with Gasteiger partial charge in [0.05, 0.1) is 5.69 Å². The minimum atomic E-state index is 1.02. The molecule has 1 aromatic heterocycles. The van der Waals surface area contributed by atoms with Crippen LogP contribution < -0.4 is 5.32 Å². The van der Waals surface area contributed by atoms with E-state index in [2.05, 4.69) is 34.6 Å². The van der Waals surface area contributed by atoms with E-state index in [1.807, 2.05) is 18.8 Å². The molecular formula is C12H12N2S2. The lowest BCUT2D eigenvalue weighted by atomic mass is 10.1. The summed E-state index contributed by atoms with van der Waals surface area (Å²) in [6.45, 7) is 0. The molecule has 0 bridgehead atoms. The van der Waals surface area contributed by atoms with Gasteiger partial charge >= 0.3 is 0 Å². The molecule has 0 amide bonds. The smallest absolute Gasteiger partial charge is 0.183 e. The molecule has 3 rings (SSSR count). The van der Waals surface area contributed by atoms with Gasteiger partial charge in [0, 0.05) is 28.1 Å². The summed E-state index contributed by atoms with van der Waals surface area (Å²) in [6, 6.07) is 8.55. The van der Waals surface area contributed by atoms with E-state index in [1.54, 1.807) is 11.3 Å². The monoisotopic (exact) mass is 248 g/mol. The lowest BCUT2D eigenvalue weighted by molar-refractivity contribution is 1.20. The van der Waals surface area contributed by atoms with Gasteiger partial charge in [0.15, 0.2) is 5.13 Å². The summed E-state index contributed by atoms with van der Waals surface area (Å²) in [5.41, 5.74) is 2.47. The fourth-order valence-electron chi connectivity index (χ4n) is 1.88. The first kappa shape index (κ1) is 10.2. The number of anilines is 1. The van der Waals surface area contributed by atoms with E-state index in [4.69, 9.17) is 0 Å². The second-order valence-electron chi connectivity index (χ2n) is 3.64. The molecule has 0 atom stereocenters. The molecule has 4 heteroatoms. The van der Waals surface area contributed by atoms with Gasteiger partial charge in [-0.3, -0.25) is 0 Å². The lowest BCUT2D eigenvalue weighted by Crippen LogP contribution is -1.87. The van der Waals surface area contributed by atoms with Gasteiger partial charge < -0.3 is 5.32 Å². The molecule has 1 N–H and O–H groups in total. The molecule has 1 aromatic carbocycles. The van der Waals surface area contributed by atoms with Crippen molar-refractivity contribution in [3.63, 3.8) is 0 Å². The molecule has 0 spiro atoms. The summed E-state index contributed by atoms with van der Waals surface area (Å²) in [4.78, 5) is 7.42. The van der Waals surface area contributed by atoms with Crippen molar-refractivity contribution in [2.24, 2.45) is 0 Å². The maximum atomic E-state index is 4.66. The van der Waals surface area contributed by atoms with Crippen LogP contribution in [-0.2, 0) is 6.42 Å². The summed E-state index contributed by atoms with van der Waals surface area (Å²) in [5.74, 6) is 1.15. The van der Waals surface area contributed by atoms with Crippen molar-refractivity contribution in [2.45, 2.75) is 11.3 Å². The first-order valence-electron chi connectivity index (χ1n) is 5.28. The minimum absolute atomic E-state index is 1.02. The zero-order valence-corrected chi connectivity index (χ0v) is 10.6. The number of hydrogen-bond donors (Lipinski definition) is 1. The summed E-state index contributed by atoms with van der Waals surface area (Å²) in [7, 11) is 1.93. The third-order valence-corrected chi connectivity index (χ3v) is 4.85. The number of nitrogens with zero attached hydrogens (tertiary/aromatic N) is 1. The molecule has 2 heterocycles. The van der Waals surface area contributed by atoms with Crippen molar-refractivity contribution in [3.8, 4) is 11.3 Å². The fourth-order valence-corrected chi connectivity index (χ4v) is 3.96. The van der Waals surface area contributed by atoms with E-state index in [9.17, 15) is 0 Å². The average molecular weight is 248 g/mol. The van der Waals surface area contributed by atoms with Crippen molar-refractivity contribution in [3.05, 3.63) is 29.1 Å². The molecule has 0 unspecified atom stereocenters. The Morgan fingerprint density at radius 2 is 2.19 bits per heavy atom. The van der Waals surface area contributed by atoms with Crippen molar-refractivity contribution < 1.29 is 0 Å². The van der Waals surface area contributed by atoms with E-state index >= 15 is 0 Å². The third-order valence-electron chi connectivity index (χ3n) is 2.64. The van der Waals surface area contributed by atoms with Crippen LogP contribution in [0, 0.1) is 0 Å². The number of thiazole rings is 1. The molecule has 1 aliphatic rings. The number of thioether (sulfide) groups is 1. The highest BCUT2D eigenvalue weighted by atomic mass is 32.2. The predicted molar refractivity (Wildman–Crippen MR) is 71.5 cm³/mol. The second-order valence-corrected chi connectivity index (χ2v) is 5.86. The highest BCUT2D eigenvalue weighted by Crippen LogP contribution is 2.40. The van der Waals surface area contributed by atoms with Crippen LogP contribution in [0.4, 0.5) is 5.13 Å². The molecule has 0 fully saturated rings. The molecular weight excluding hydrogens is 236 g/mol. The minimum Gasteiger partial charge on any atom is -0.365 e. The summed E-state index contributed by atoms with van der Waals surface area (Å²) < 4.78 is 0. The number of benzene rings is 1. The number of nitrogens with one attached hydrogen (secondary N) is 1. The van der Waals surface area contributed by atoms with Gasteiger partial charge in [-0.1, -0.05) is 18.2 Å². The van der Waals surface area contributed by atoms with Gasteiger partial charge in [0.1, 0.15) is 0 Å². The predicted octanol–water partition coefficient (Wildman–Crippen LogP) is 3.50. The summed E-state index contributed by atoms with van der Waals surface area (Å²) in [5, 5.41) is 4.16. The number of aryl methyl sites for hydroxylation is 1. The van der Waals surface area contributed by atoms with Crippen molar-refractivity contribution >= 4 is 28.2 Å². The molecule has 0 saturated heterocycles. The van der Waals surface area contributed by atoms with Gasteiger partial charge in [0.25, 0.3) is 0 Å². The Kier molecular flexibility index (Phi) is 2.61. The first-order valence-corrected chi connectivity index (χ1v) is 7.08. The number of aromatic nitrogens is 1. The number of fused-ring (bicyclic) bond motifs is 3. The summed E-state index contributed by atoms with van der Waals surface area (Å²) >= 11 is 3.71. The molecule has 0 saturated carbocycles. The number of rotatable bonds is 1. The number of hydrogen-bond acceptors (Lipinski definition) is 4. The van der Waals surface area contributed by atoms with Crippen LogP contribution in [0.3, 0.4) is 0 Å². The van der Waals surface area contributed by atoms with Crippen LogP contribution >= 0.6 is 23.1 Å². The Morgan fingerprint density at radius 1 is 1.31 bits per heavy atom. The highest BCUT2D eigenvalue weighted by molar-refractivity contribution is 7.99. The fraction of sp³-hybridized carbons (Fsp3) is 0.250. The van der Waals surface area contributed by atoms with Crippen LogP contribution in [0.1, 0.15) is 4.88 Å². The zero-order valence-electron chi connectivity index (χ0n) is 8.99. The Bertz CT molecular complexity index is 519. The van der Waals surface area contributed by atoms with Gasteiger partial charge in [-0.2, -0.15) is 0 Å². The van der Waals surface area contributed by atoms with E-state index in [0.29, 0.717) is 0 Å². The van der Waals surface area contributed by atoms with E-state index in [1.165, 1.54) is 21.0 Å². The lowest BCUT2D eigenvalue weighted by Gasteiger charge is -2.02.